The number of carbonyl (C=O) groups is 2. The van der Waals surface area contributed by atoms with E-state index in [4.69, 9.17) is 9.47 Å². The van der Waals surface area contributed by atoms with E-state index in [2.05, 4.69) is 13.8 Å². The third-order valence-electron chi connectivity index (χ3n) is 5.41. The van der Waals surface area contributed by atoms with Crippen LogP contribution in [0, 0.1) is 5.92 Å². The van der Waals surface area contributed by atoms with E-state index in [0.29, 0.717) is 29.5 Å². The van der Waals surface area contributed by atoms with Crippen LogP contribution in [-0.4, -0.2) is 42.5 Å². The van der Waals surface area contributed by atoms with E-state index >= 15 is 0 Å². The third kappa shape index (κ3) is 4.32. The highest BCUT2D eigenvalue weighted by Gasteiger charge is 2.44. The Morgan fingerprint density at radius 3 is 2.50 bits per heavy atom. The number of unbranched alkanes of at least 4 members (excludes halogenated alkanes) is 1. The number of amides is 1. The normalized spacial score (nSPS) is 17.8. The number of aliphatic hydroxyl groups is 1. The van der Waals surface area contributed by atoms with Crippen molar-refractivity contribution < 1.29 is 24.2 Å². The molecule has 2 atom stereocenters. The van der Waals surface area contributed by atoms with E-state index in [0.717, 1.165) is 25.7 Å². The number of hydrogen-bond donors (Lipinski definition) is 1. The first-order valence-electron chi connectivity index (χ1n) is 9.86. The Morgan fingerprint density at radius 2 is 1.96 bits per heavy atom. The van der Waals surface area contributed by atoms with E-state index < -0.39 is 17.7 Å². The van der Waals surface area contributed by atoms with Crippen LogP contribution in [0.1, 0.15) is 58.1 Å². The molecule has 6 heteroatoms. The maximum Gasteiger partial charge on any atom is 0.290 e. The summed E-state index contributed by atoms with van der Waals surface area (Å²) in [6, 6.07) is 4.58. The van der Waals surface area contributed by atoms with E-state index in [1.54, 1.807) is 37.3 Å². The van der Waals surface area contributed by atoms with Gasteiger partial charge in [0.2, 0.25) is 0 Å². The SMILES string of the molecule is CCCC[C@H](CC)CN1C(=O)C(O)=C(C(C)=O)[C@H]1c1cc(OC)ccc1OC. The van der Waals surface area contributed by atoms with Gasteiger partial charge in [0.25, 0.3) is 5.91 Å². The van der Waals surface area contributed by atoms with Crippen LogP contribution < -0.4 is 9.47 Å². The first-order valence-corrected chi connectivity index (χ1v) is 9.86. The molecule has 1 amide bonds. The molecule has 28 heavy (non-hydrogen) atoms. The molecule has 1 aromatic rings. The lowest BCUT2D eigenvalue weighted by atomic mass is 9.93. The number of ketones is 1. The van der Waals surface area contributed by atoms with Crippen LogP contribution in [0.25, 0.3) is 0 Å². The van der Waals surface area contributed by atoms with Crippen LogP contribution in [-0.2, 0) is 9.59 Å². The van der Waals surface area contributed by atoms with Crippen LogP contribution in [0.4, 0.5) is 0 Å². The predicted octanol–water partition coefficient (Wildman–Crippen LogP) is 4.20. The lowest BCUT2D eigenvalue weighted by Gasteiger charge is -2.31. The Hall–Kier alpha value is -2.50. The van der Waals surface area contributed by atoms with Gasteiger partial charge in [0.1, 0.15) is 11.5 Å². The van der Waals surface area contributed by atoms with Gasteiger partial charge in [-0.3, -0.25) is 9.59 Å². The summed E-state index contributed by atoms with van der Waals surface area (Å²) in [6.07, 6.45) is 4.07. The second-order valence-electron chi connectivity index (χ2n) is 7.20. The van der Waals surface area contributed by atoms with Gasteiger partial charge in [-0.25, -0.2) is 0 Å². The quantitative estimate of drug-likeness (QED) is 0.649. The summed E-state index contributed by atoms with van der Waals surface area (Å²) < 4.78 is 10.8. The lowest BCUT2D eigenvalue weighted by molar-refractivity contribution is -0.130. The summed E-state index contributed by atoms with van der Waals surface area (Å²) in [5.74, 6) is 0.129. The number of Topliss-reactive ketones (excluding diaryl/α,β-unsaturated/α-hetero) is 1. The molecule has 1 heterocycles. The second kappa shape index (κ2) is 9.62. The molecule has 0 saturated carbocycles. The van der Waals surface area contributed by atoms with Gasteiger partial charge < -0.3 is 19.5 Å². The number of ether oxygens (including phenoxy) is 2. The van der Waals surface area contributed by atoms with Crippen molar-refractivity contribution in [1.29, 1.82) is 0 Å². The van der Waals surface area contributed by atoms with E-state index in [1.807, 2.05) is 0 Å². The number of hydrogen-bond acceptors (Lipinski definition) is 5. The van der Waals surface area contributed by atoms with Crippen molar-refractivity contribution in [2.45, 2.75) is 52.5 Å². The molecule has 154 valence electrons. The first kappa shape index (κ1) is 21.8. The fourth-order valence-electron chi connectivity index (χ4n) is 3.77. The molecule has 1 aliphatic heterocycles. The van der Waals surface area contributed by atoms with Crippen molar-refractivity contribution >= 4 is 11.7 Å². The zero-order valence-corrected chi connectivity index (χ0v) is 17.4. The van der Waals surface area contributed by atoms with E-state index in [-0.39, 0.29) is 11.4 Å². The average Bonchev–Trinajstić information content (AvgIpc) is 2.95. The molecule has 0 unspecified atom stereocenters. The second-order valence-corrected chi connectivity index (χ2v) is 7.20. The van der Waals surface area contributed by atoms with E-state index in [1.165, 1.54) is 6.92 Å². The van der Waals surface area contributed by atoms with Crippen LogP contribution in [0.5, 0.6) is 11.5 Å². The van der Waals surface area contributed by atoms with Gasteiger partial charge in [-0.05, 0) is 37.5 Å². The molecule has 1 N–H and O–H groups in total. The van der Waals surface area contributed by atoms with Crippen LogP contribution in [0.2, 0.25) is 0 Å². The minimum Gasteiger partial charge on any atom is -0.503 e. The number of nitrogens with zero attached hydrogens (tertiary/aromatic N) is 1. The summed E-state index contributed by atoms with van der Waals surface area (Å²) in [5, 5.41) is 10.5. The van der Waals surface area contributed by atoms with Crippen LogP contribution in [0.15, 0.2) is 29.5 Å². The highest BCUT2D eigenvalue weighted by atomic mass is 16.5. The largest absolute Gasteiger partial charge is 0.503 e. The monoisotopic (exact) mass is 389 g/mol. The van der Waals surface area contributed by atoms with Crippen LogP contribution in [0.3, 0.4) is 0 Å². The molecule has 0 radical (unpaired) electrons. The van der Waals surface area contributed by atoms with Gasteiger partial charge in [0.05, 0.1) is 25.8 Å². The molecule has 0 spiro atoms. The summed E-state index contributed by atoms with van der Waals surface area (Å²) in [6.45, 7) is 6.08. The molecule has 1 aromatic carbocycles. The summed E-state index contributed by atoms with van der Waals surface area (Å²) >= 11 is 0. The Balaban J connectivity index is 2.53. The van der Waals surface area contributed by atoms with Crippen molar-refractivity contribution in [3.05, 3.63) is 35.1 Å². The molecule has 0 aliphatic carbocycles. The Bertz CT molecular complexity index is 755. The van der Waals surface area contributed by atoms with Gasteiger partial charge in [-0.1, -0.05) is 33.1 Å². The number of benzene rings is 1. The van der Waals surface area contributed by atoms with Gasteiger partial charge in [0, 0.05) is 12.1 Å². The Labute approximate surface area is 167 Å². The molecule has 0 fully saturated rings. The highest BCUT2D eigenvalue weighted by molar-refractivity contribution is 6.08. The average molecular weight is 389 g/mol. The predicted molar refractivity (Wildman–Crippen MR) is 108 cm³/mol. The number of methoxy groups -OCH3 is 2. The third-order valence-corrected chi connectivity index (χ3v) is 5.41. The van der Waals surface area contributed by atoms with Gasteiger partial charge in [0.15, 0.2) is 11.5 Å². The molecular weight excluding hydrogens is 358 g/mol. The van der Waals surface area contributed by atoms with Crippen molar-refractivity contribution in [2.24, 2.45) is 5.92 Å². The summed E-state index contributed by atoms with van der Waals surface area (Å²) in [5.41, 5.74) is 0.747. The first-order chi connectivity index (χ1) is 13.4. The molecule has 0 saturated heterocycles. The number of rotatable bonds is 10. The maximum absolute atomic E-state index is 12.9. The summed E-state index contributed by atoms with van der Waals surface area (Å²) in [4.78, 5) is 26.8. The topological polar surface area (TPSA) is 76.1 Å². The molecule has 0 aromatic heterocycles. The number of carbonyl (C=O) groups excluding carboxylic acids is 2. The molecule has 0 bridgehead atoms. The van der Waals surface area contributed by atoms with E-state index in [9.17, 15) is 14.7 Å². The van der Waals surface area contributed by atoms with Crippen LogP contribution >= 0.6 is 0 Å². The smallest absolute Gasteiger partial charge is 0.290 e. The maximum atomic E-state index is 12.9. The van der Waals surface area contributed by atoms with Gasteiger partial charge in [-0.2, -0.15) is 0 Å². The van der Waals surface area contributed by atoms with Crippen molar-refractivity contribution in [3.63, 3.8) is 0 Å². The molecule has 1 aliphatic rings. The van der Waals surface area contributed by atoms with Crippen molar-refractivity contribution in [1.82, 2.24) is 4.90 Å². The Kier molecular flexibility index (Phi) is 7.49. The summed E-state index contributed by atoms with van der Waals surface area (Å²) in [7, 11) is 3.10. The zero-order chi connectivity index (χ0) is 20.8. The molecular formula is C22H31NO5. The van der Waals surface area contributed by atoms with Crippen molar-refractivity contribution in [2.75, 3.05) is 20.8 Å². The fraction of sp³-hybridized carbons (Fsp3) is 0.545. The number of aliphatic hydroxyl groups excluding tert-OH is 1. The highest BCUT2D eigenvalue weighted by Crippen LogP contribution is 2.43. The van der Waals surface area contributed by atoms with Crippen molar-refractivity contribution in [3.8, 4) is 11.5 Å². The van der Waals surface area contributed by atoms with Gasteiger partial charge in [-0.15, -0.1) is 0 Å². The Morgan fingerprint density at radius 1 is 1.25 bits per heavy atom. The molecule has 2 rings (SSSR count). The van der Waals surface area contributed by atoms with Gasteiger partial charge >= 0.3 is 0 Å². The fourth-order valence-corrected chi connectivity index (χ4v) is 3.77. The zero-order valence-electron chi connectivity index (χ0n) is 17.4. The molecule has 6 nitrogen and oxygen atoms in total. The minimum absolute atomic E-state index is 0.113. The minimum atomic E-state index is -0.689. The lowest BCUT2D eigenvalue weighted by Crippen LogP contribution is -2.35. The standard InChI is InChI=1S/C22H31NO5/c1-6-8-9-15(7-2)13-23-20(19(14(3)24)21(25)22(23)26)17-12-16(27-4)10-11-18(17)28-5/h10-12,15,20,25H,6-9,13H2,1-5H3/t15-,20+/m0/s1.